The molecule has 0 aromatic heterocycles. The minimum Gasteiger partial charge on any atom is -0.480 e. The average molecular weight is 378 g/mol. The standard InChI is InChI=1S/C19H26N2O6/c1-4-27-16(23)10-12(2)17(19(25)26)21-18(24)15(20-13(3)22)11-14-8-6-5-7-9-14/h5-9,12,15,17H,4,10-11H2,1-3H3,(H,20,22)(H,21,24)(H,25,26)/t12-,15+,17-/m0/s1. The SMILES string of the molecule is CCOC(=O)C[C@H](C)[C@H](NC(=O)[C@@H](Cc1ccccc1)NC(C)=O)C(=O)O. The summed E-state index contributed by atoms with van der Waals surface area (Å²) >= 11 is 0. The van der Waals surface area contributed by atoms with Crippen molar-refractivity contribution in [1.82, 2.24) is 10.6 Å². The average Bonchev–Trinajstić information content (AvgIpc) is 2.59. The molecule has 148 valence electrons. The molecule has 0 unspecified atom stereocenters. The fraction of sp³-hybridized carbons (Fsp3) is 0.474. The predicted molar refractivity (Wildman–Crippen MR) is 97.7 cm³/mol. The Morgan fingerprint density at radius 3 is 2.26 bits per heavy atom. The fourth-order valence-electron chi connectivity index (χ4n) is 2.61. The topological polar surface area (TPSA) is 122 Å². The van der Waals surface area contributed by atoms with Gasteiger partial charge in [0.25, 0.3) is 0 Å². The van der Waals surface area contributed by atoms with Crippen LogP contribution in [0.4, 0.5) is 0 Å². The van der Waals surface area contributed by atoms with Gasteiger partial charge in [-0.05, 0) is 18.4 Å². The number of hydrogen-bond donors (Lipinski definition) is 3. The lowest BCUT2D eigenvalue weighted by atomic mass is 9.97. The van der Waals surface area contributed by atoms with E-state index in [0.29, 0.717) is 0 Å². The van der Waals surface area contributed by atoms with Crippen LogP contribution in [0.25, 0.3) is 0 Å². The first-order chi connectivity index (χ1) is 12.7. The molecule has 8 nitrogen and oxygen atoms in total. The van der Waals surface area contributed by atoms with Crippen molar-refractivity contribution in [3.63, 3.8) is 0 Å². The lowest BCUT2D eigenvalue weighted by molar-refractivity contribution is -0.147. The van der Waals surface area contributed by atoms with Crippen molar-refractivity contribution in [1.29, 1.82) is 0 Å². The van der Waals surface area contributed by atoms with Crippen molar-refractivity contribution in [2.24, 2.45) is 5.92 Å². The van der Waals surface area contributed by atoms with Gasteiger partial charge < -0.3 is 20.5 Å². The maximum Gasteiger partial charge on any atom is 0.326 e. The van der Waals surface area contributed by atoms with Crippen LogP contribution in [-0.4, -0.2) is 47.6 Å². The van der Waals surface area contributed by atoms with Gasteiger partial charge in [-0.15, -0.1) is 0 Å². The summed E-state index contributed by atoms with van der Waals surface area (Å²) in [4.78, 5) is 47.2. The van der Waals surface area contributed by atoms with Crippen molar-refractivity contribution in [2.45, 2.75) is 45.7 Å². The Hall–Kier alpha value is -2.90. The summed E-state index contributed by atoms with van der Waals surface area (Å²) in [5.74, 6) is -3.51. The fourth-order valence-corrected chi connectivity index (χ4v) is 2.61. The number of hydrogen-bond acceptors (Lipinski definition) is 5. The monoisotopic (exact) mass is 378 g/mol. The molecule has 0 aliphatic rings. The molecule has 0 saturated heterocycles. The van der Waals surface area contributed by atoms with E-state index in [-0.39, 0.29) is 19.4 Å². The molecule has 0 aliphatic heterocycles. The highest BCUT2D eigenvalue weighted by Gasteiger charge is 2.31. The number of carbonyl (C=O) groups excluding carboxylic acids is 3. The van der Waals surface area contributed by atoms with Crippen LogP contribution in [0.5, 0.6) is 0 Å². The number of amides is 2. The Balaban J connectivity index is 2.86. The second-order valence-corrected chi connectivity index (χ2v) is 6.25. The number of aliphatic carboxylic acids is 1. The first-order valence-electron chi connectivity index (χ1n) is 8.74. The second kappa shape index (κ2) is 10.9. The minimum atomic E-state index is -1.28. The quantitative estimate of drug-likeness (QED) is 0.520. The maximum atomic E-state index is 12.6. The Labute approximate surface area is 158 Å². The zero-order valence-corrected chi connectivity index (χ0v) is 15.7. The molecule has 1 rings (SSSR count). The van der Waals surface area contributed by atoms with E-state index in [1.165, 1.54) is 6.92 Å². The summed E-state index contributed by atoms with van der Waals surface area (Å²) in [7, 11) is 0. The molecule has 0 spiro atoms. The van der Waals surface area contributed by atoms with Gasteiger partial charge in [-0.1, -0.05) is 37.3 Å². The number of rotatable bonds is 10. The summed E-state index contributed by atoms with van der Waals surface area (Å²) in [5.41, 5.74) is 0.817. The molecule has 3 N–H and O–H groups in total. The van der Waals surface area contributed by atoms with Gasteiger partial charge in [0, 0.05) is 13.3 Å². The van der Waals surface area contributed by atoms with Gasteiger partial charge in [-0.3, -0.25) is 14.4 Å². The van der Waals surface area contributed by atoms with E-state index in [4.69, 9.17) is 4.74 Å². The number of nitrogens with one attached hydrogen (secondary N) is 2. The number of esters is 1. The molecule has 0 aliphatic carbocycles. The van der Waals surface area contributed by atoms with Gasteiger partial charge in [0.1, 0.15) is 12.1 Å². The van der Waals surface area contributed by atoms with Crippen LogP contribution < -0.4 is 10.6 Å². The van der Waals surface area contributed by atoms with E-state index in [2.05, 4.69) is 10.6 Å². The van der Waals surface area contributed by atoms with Crippen molar-refractivity contribution in [3.05, 3.63) is 35.9 Å². The van der Waals surface area contributed by atoms with Crippen LogP contribution >= 0.6 is 0 Å². The van der Waals surface area contributed by atoms with Crippen molar-refractivity contribution >= 4 is 23.8 Å². The molecule has 1 aromatic rings. The lowest BCUT2D eigenvalue weighted by Gasteiger charge is -2.24. The second-order valence-electron chi connectivity index (χ2n) is 6.25. The Morgan fingerprint density at radius 2 is 1.74 bits per heavy atom. The minimum absolute atomic E-state index is 0.144. The Kier molecular flexibility index (Phi) is 8.98. The van der Waals surface area contributed by atoms with E-state index in [1.807, 2.05) is 6.07 Å². The molecule has 0 bridgehead atoms. The van der Waals surface area contributed by atoms with Gasteiger partial charge in [-0.25, -0.2) is 4.79 Å². The maximum absolute atomic E-state index is 12.6. The van der Waals surface area contributed by atoms with E-state index in [0.717, 1.165) is 5.56 Å². The van der Waals surface area contributed by atoms with E-state index in [9.17, 15) is 24.3 Å². The van der Waals surface area contributed by atoms with Gasteiger partial charge in [0.15, 0.2) is 0 Å². The van der Waals surface area contributed by atoms with Crippen LogP contribution in [0.3, 0.4) is 0 Å². The summed E-state index contributed by atoms with van der Waals surface area (Å²) in [5, 5.41) is 14.4. The van der Waals surface area contributed by atoms with Gasteiger partial charge >= 0.3 is 11.9 Å². The molecule has 1 aromatic carbocycles. The molecule has 2 amide bonds. The van der Waals surface area contributed by atoms with E-state index in [1.54, 1.807) is 38.1 Å². The lowest BCUT2D eigenvalue weighted by Crippen LogP contribution is -2.54. The van der Waals surface area contributed by atoms with Crippen LogP contribution in [0.15, 0.2) is 30.3 Å². The third-order valence-electron chi connectivity index (χ3n) is 3.90. The highest BCUT2D eigenvalue weighted by molar-refractivity contribution is 5.90. The number of carboxylic acid groups (broad SMARTS) is 1. The molecule has 8 heteroatoms. The Morgan fingerprint density at radius 1 is 1.11 bits per heavy atom. The summed E-state index contributed by atoms with van der Waals surface area (Å²) in [6.07, 6.45) is 0.0689. The van der Waals surface area contributed by atoms with Gasteiger partial charge in [-0.2, -0.15) is 0 Å². The van der Waals surface area contributed by atoms with Crippen molar-refractivity contribution < 1.29 is 29.0 Å². The molecule has 0 fully saturated rings. The van der Waals surface area contributed by atoms with Crippen LogP contribution in [0, 0.1) is 5.92 Å². The number of carboxylic acids is 1. The normalized spacial score (nSPS) is 13.7. The molecule has 3 atom stereocenters. The highest BCUT2D eigenvalue weighted by atomic mass is 16.5. The first-order valence-corrected chi connectivity index (χ1v) is 8.74. The predicted octanol–water partition coefficient (Wildman–Crippen LogP) is 0.893. The van der Waals surface area contributed by atoms with Crippen LogP contribution in [-0.2, 0) is 30.3 Å². The molecule has 0 heterocycles. The highest BCUT2D eigenvalue weighted by Crippen LogP contribution is 2.11. The van der Waals surface area contributed by atoms with Gasteiger partial charge in [0.2, 0.25) is 11.8 Å². The summed E-state index contributed by atoms with van der Waals surface area (Å²) in [6, 6.07) is 6.84. The number of benzene rings is 1. The largest absolute Gasteiger partial charge is 0.480 e. The van der Waals surface area contributed by atoms with Crippen molar-refractivity contribution in [3.8, 4) is 0 Å². The van der Waals surface area contributed by atoms with E-state index < -0.39 is 41.8 Å². The third-order valence-corrected chi connectivity index (χ3v) is 3.90. The van der Waals surface area contributed by atoms with Crippen LogP contribution in [0.2, 0.25) is 0 Å². The first kappa shape index (κ1) is 22.1. The summed E-state index contributed by atoms with van der Waals surface area (Å²) < 4.78 is 4.82. The molecular weight excluding hydrogens is 352 g/mol. The van der Waals surface area contributed by atoms with Gasteiger partial charge in [0.05, 0.1) is 13.0 Å². The molecular formula is C19H26N2O6. The third kappa shape index (κ3) is 7.89. The zero-order chi connectivity index (χ0) is 20.4. The van der Waals surface area contributed by atoms with Crippen LogP contribution in [0.1, 0.15) is 32.8 Å². The zero-order valence-electron chi connectivity index (χ0n) is 15.7. The Bertz CT molecular complexity index is 661. The molecule has 0 saturated carbocycles. The molecule has 0 radical (unpaired) electrons. The number of ether oxygens (including phenoxy) is 1. The van der Waals surface area contributed by atoms with Crippen molar-refractivity contribution in [2.75, 3.05) is 6.61 Å². The summed E-state index contributed by atoms with van der Waals surface area (Å²) in [6.45, 7) is 4.67. The van der Waals surface area contributed by atoms with E-state index >= 15 is 0 Å². The smallest absolute Gasteiger partial charge is 0.326 e. The number of carbonyl (C=O) groups is 4. The molecule has 27 heavy (non-hydrogen) atoms.